The molecule has 0 N–H and O–H groups in total. The summed E-state index contributed by atoms with van der Waals surface area (Å²) in [6.45, 7) is 7.01. The fourth-order valence-corrected chi connectivity index (χ4v) is 4.33. The number of pyridine rings is 1. The van der Waals surface area contributed by atoms with Crippen molar-refractivity contribution in [1.29, 1.82) is 0 Å². The zero-order chi connectivity index (χ0) is 21.0. The van der Waals surface area contributed by atoms with Crippen LogP contribution in [0, 0.1) is 27.7 Å². The third-order valence-electron chi connectivity index (χ3n) is 4.22. The third-order valence-corrected chi connectivity index (χ3v) is 5.64. The van der Waals surface area contributed by atoms with Gasteiger partial charge in [0.1, 0.15) is 5.65 Å². The molecule has 0 spiro atoms. The second-order valence-corrected chi connectivity index (χ2v) is 8.97. The van der Waals surface area contributed by atoms with E-state index in [0.717, 1.165) is 21.3 Å². The second-order valence-electron chi connectivity index (χ2n) is 6.51. The van der Waals surface area contributed by atoms with Crippen molar-refractivity contribution in [3.05, 3.63) is 51.3 Å². The van der Waals surface area contributed by atoms with E-state index < -0.39 is 21.4 Å². The monoisotopic (exact) mass is 476 g/mol. The molecule has 0 atom stereocenters. The summed E-state index contributed by atoms with van der Waals surface area (Å²) >= 11 is 3.43. The highest BCUT2D eigenvalue weighted by molar-refractivity contribution is 9.10. The van der Waals surface area contributed by atoms with Gasteiger partial charge in [-0.3, -0.25) is 0 Å². The molecule has 10 heteroatoms. The van der Waals surface area contributed by atoms with E-state index in [-0.39, 0.29) is 5.39 Å². The number of aromatic nitrogens is 2. The highest BCUT2D eigenvalue weighted by Gasteiger charge is 2.49. The summed E-state index contributed by atoms with van der Waals surface area (Å²) in [6.07, 6.45) is 1.70. The lowest BCUT2D eigenvalue weighted by atomic mass is 10.1. The van der Waals surface area contributed by atoms with E-state index in [1.165, 1.54) is 6.07 Å². The molecule has 150 valence electrons. The summed E-state index contributed by atoms with van der Waals surface area (Å²) < 4.78 is 68.5. The van der Waals surface area contributed by atoms with E-state index in [9.17, 15) is 21.6 Å². The zero-order valence-electron chi connectivity index (χ0n) is 15.3. The lowest BCUT2D eigenvalue weighted by Gasteiger charge is -2.14. The van der Waals surface area contributed by atoms with Gasteiger partial charge in [-0.2, -0.15) is 21.6 Å². The third kappa shape index (κ3) is 3.50. The summed E-state index contributed by atoms with van der Waals surface area (Å²) in [6, 6.07) is 5.00. The Kier molecular flexibility index (Phi) is 4.99. The maximum absolute atomic E-state index is 12.8. The number of rotatable bonds is 3. The van der Waals surface area contributed by atoms with Crippen LogP contribution >= 0.6 is 15.9 Å². The van der Waals surface area contributed by atoms with Crippen molar-refractivity contribution in [3.63, 3.8) is 0 Å². The van der Waals surface area contributed by atoms with E-state index in [4.69, 9.17) is 0 Å². The largest absolute Gasteiger partial charge is 0.534 e. The Morgan fingerprint density at radius 3 is 2.14 bits per heavy atom. The summed E-state index contributed by atoms with van der Waals surface area (Å²) in [5.41, 5.74) is -1.70. The number of alkyl halides is 3. The van der Waals surface area contributed by atoms with Gasteiger partial charge in [-0.25, -0.2) is 4.98 Å². The predicted octanol–water partition coefficient (Wildman–Crippen LogP) is 5.25. The van der Waals surface area contributed by atoms with Gasteiger partial charge < -0.3 is 8.75 Å². The first-order valence-corrected chi connectivity index (χ1v) is 10.3. The second kappa shape index (κ2) is 6.77. The molecule has 0 aliphatic carbocycles. The highest BCUT2D eigenvalue weighted by atomic mass is 79.9. The molecule has 5 nitrogen and oxygen atoms in total. The van der Waals surface area contributed by atoms with Crippen LogP contribution < -0.4 is 4.18 Å². The topological polar surface area (TPSA) is 61.2 Å². The Morgan fingerprint density at radius 2 is 1.61 bits per heavy atom. The zero-order valence-corrected chi connectivity index (χ0v) is 17.8. The Bertz CT molecular complexity index is 1180. The molecule has 3 rings (SSSR count). The van der Waals surface area contributed by atoms with Crippen molar-refractivity contribution >= 4 is 37.1 Å². The van der Waals surface area contributed by atoms with Crippen LogP contribution in [0.15, 0.2) is 28.9 Å². The first kappa shape index (κ1) is 20.7. The van der Waals surface area contributed by atoms with Gasteiger partial charge in [-0.1, -0.05) is 15.9 Å². The van der Waals surface area contributed by atoms with Crippen molar-refractivity contribution in [2.75, 3.05) is 0 Å². The van der Waals surface area contributed by atoms with Crippen LogP contribution in [-0.2, 0) is 10.1 Å². The SMILES string of the molecule is Cc1cc(OS(=O)(=O)C(F)(F)F)c2c(C)cn(-c3c(C)cc(Br)cc3C)c2n1. The quantitative estimate of drug-likeness (QED) is 0.382. The first-order valence-electron chi connectivity index (χ1n) is 8.09. The van der Waals surface area contributed by atoms with Gasteiger partial charge in [0.15, 0.2) is 5.75 Å². The van der Waals surface area contributed by atoms with Crippen LogP contribution in [0.4, 0.5) is 13.2 Å². The molecule has 0 bridgehead atoms. The molecule has 0 saturated carbocycles. The van der Waals surface area contributed by atoms with Gasteiger partial charge >= 0.3 is 15.6 Å². The number of hydrogen-bond donors (Lipinski definition) is 0. The standard InChI is InChI=1S/C18H16BrF3N2O3S/c1-9-5-13(19)6-10(2)16(9)24-8-11(3)15-14(7-12(4)23-17(15)24)27-28(25,26)18(20,21)22/h5-8H,1-4H3. The maximum Gasteiger partial charge on any atom is 0.534 e. The number of hydrogen-bond acceptors (Lipinski definition) is 4. The van der Waals surface area contributed by atoms with E-state index in [2.05, 4.69) is 25.1 Å². The number of aryl methyl sites for hydroxylation is 4. The minimum Gasteiger partial charge on any atom is -0.375 e. The average molecular weight is 477 g/mol. The molecule has 0 aliphatic rings. The summed E-state index contributed by atoms with van der Waals surface area (Å²) in [5.74, 6) is -0.400. The van der Waals surface area contributed by atoms with E-state index in [0.29, 0.717) is 16.9 Å². The molecule has 3 aromatic rings. The van der Waals surface area contributed by atoms with Gasteiger partial charge in [-0.05, 0) is 56.5 Å². The van der Waals surface area contributed by atoms with Crippen LogP contribution in [0.1, 0.15) is 22.4 Å². The minimum absolute atomic E-state index is 0.208. The summed E-state index contributed by atoms with van der Waals surface area (Å²) in [4.78, 5) is 4.43. The molecule has 2 heterocycles. The van der Waals surface area contributed by atoms with Crippen molar-refractivity contribution < 1.29 is 25.8 Å². The summed E-state index contributed by atoms with van der Waals surface area (Å²) in [5, 5.41) is 0.208. The fraction of sp³-hybridized carbons (Fsp3) is 0.278. The number of halogens is 4. The van der Waals surface area contributed by atoms with E-state index in [1.54, 1.807) is 24.6 Å². The van der Waals surface area contributed by atoms with Gasteiger partial charge in [-0.15, -0.1) is 0 Å². The Balaban J connectivity index is 2.31. The molecule has 0 aliphatic heterocycles. The Morgan fingerprint density at radius 1 is 1.04 bits per heavy atom. The van der Waals surface area contributed by atoms with Crippen LogP contribution in [0.3, 0.4) is 0 Å². The predicted molar refractivity (Wildman–Crippen MR) is 103 cm³/mol. The van der Waals surface area contributed by atoms with Crippen molar-refractivity contribution in [1.82, 2.24) is 9.55 Å². The van der Waals surface area contributed by atoms with E-state index >= 15 is 0 Å². The number of nitrogens with zero attached hydrogens (tertiary/aromatic N) is 2. The molecule has 28 heavy (non-hydrogen) atoms. The molecule has 0 unspecified atom stereocenters. The van der Waals surface area contributed by atoms with Crippen LogP contribution in [0.2, 0.25) is 0 Å². The summed E-state index contributed by atoms with van der Waals surface area (Å²) in [7, 11) is -5.80. The molecule has 2 aromatic heterocycles. The van der Waals surface area contributed by atoms with Gasteiger partial charge in [0.2, 0.25) is 0 Å². The van der Waals surface area contributed by atoms with Crippen molar-refractivity contribution in [3.8, 4) is 11.4 Å². The molecule has 1 aromatic carbocycles. The number of benzene rings is 1. The fourth-order valence-electron chi connectivity index (χ4n) is 3.18. The first-order chi connectivity index (χ1) is 12.8. The number of fused-ring (bicyclic) bond motifs is 1. The Hall–Kier alpha value is -2.07. The van der Waals surface area contributed by atoms with E-state index in [1.807, 2.05) is 26.0 Å². The molecule has 0 saturated heterocycles. The lowest BCUT2D eigenvalue weighted by Crippen LogP contribution is -2.28. The smallest absolute Gasteiger partial charge is 0.375 e. The van der Waals surface area contributed by atoms with Gasteiger partial charge in [0.05, 0.1) is 11.1 Å². The molecular weight excluding hydrogens is 461 g/mol. The highest BCUT2D eigenvalue weighted by Crippen LogP contribution is 2.36. The molecule has 0 radical (unpaired) electrons. The van der Waals surface area contributed by atoms with Gasteiger partial charge in [0, 0.05) is 22.4 Å². The Labute approximate surface area is 168 Å². The van der Waals surface area contributed by atoms with Crippen LogP contribution in [0.25, 0.3) is 16.7 Å². The molecule has 0 amide bonds. The molecule has 0 fully saturated rings. The molecular formula is C18H16BrF3N2O3S. The normalized spacial score (nSPS) is 12.6. The van der Waals surface area contributed by atoms with Crippen molar-refractivity contribution in [2.24, 2.45) is 0 Å². The van der Waals surface area contributed by atoms with Gasteiger partial charge in [0.25, 0.3) is 0 Å². The van der Waals surface area contributed by atoms with Crippen molar-refractivity contribution in [2.45, 2.75) is 33.2 Å². The minimum atomic E-state index is -5.80. The lowest BCUT2D eigenvalue weighted by molar-refractivity contribution is -0.0499. The maximum atomic E-state index is 12.8. The van der Waals surface area contributed by atoms with Crippen LogP contribution in [0.5, 0.6) is 5.75 Å². The average Bonchev–Trinajstić information content (AvgIpc) is 2.81. The van der Waals surface area contributed by atoms with Crippen LogP contribution in [-0.4, -0.2) is 23.5 Å².